The van der Waals surface area contributed by atoms with Gasteiger partial charge in [-0.3, -0.25) is 0 Å². The van der Waals surface area contributed by atoms with Crippen molar-refractivity contribution in [1.29, 1.82) is 0 Å². The van der Waals surface area contributed by atoms with E-state index in [1.165, 1.54) is 18.3 Å². The second kappa shape index (κ2) is 4.22. The van der Waals surface area contributed by atoms with Crippen molar-refractivity contribution in [3.05, 3.63) is 53.5 Å². The number of benzene rings is 1. The lowest BCUT2D eigenvalue weighted by atomic mass is 10.1. The van der Waals surface area contributed by atoms with Crippen LogP contribution >= 0.6 is 0 Å². The average molecular weight is 221 g/mol. The smallest absolute Gasteiger partial charge is 0.135 e. The molecule has 0 bridgehead atoms. The SMILES string of the molecule is Nc1ccnc(Cc2cc(F)cc(F)c2)n1. The van der Waals surface area contributed by atoms with Gasteiger partial charge in [0.05, 0.1) is 0 Å². The van der Waals surface area contributed by atoms with Gasteiger partial charge in [0, 0.05) is 18.7 Å². The Hall–Kier alpha value is -2.04. The number of hydrogen-bond acceptors (Lipinski definition) is 3. The van der Waals surface area contributed by atoms with E-state index in [4.69, 9.17) is 5.73 Å². The number of hydrogen-bond donors (Lipinski definition) is 1. The molecule has 82 valence electrons. The highest BCUT2D eigenvalue weighted by Crippen LogP contribution is 2.11. The van der Waals surface area contributed by atoms with E-state index in [9.17, 15) is 8.78 Å². The topological polar surface area (TPSA) is 51.8 Å². The third-order valence-electron chi connectivity index (χ3n) is 2.01. The average Bonchev–Trinajstić information content (AvgIpc) is 2.15. The van der Waals surface area contributed by atoms with E-state index in [0.29, 0.717) is 17.2 Å². The van der Waals surface area contributed by atoms with Crippen LogP contribution in [0.25, 0.3) is 0 Å². The van der Waals surface area contributed by atoms with Gasteiger partial charge in [0.2, 0.25) is 0 Å². The Morgan fingerprint density at radius 3 is 2.44 bits per heavy atom. The van der Waals surface area contributed by atoms with Crippen LogP contribution in [0.1, 0.15) is 11.4 Å². The number of rotatable bonds is 2. The first-order valence-electron chi connectivity index (χ1n) is 4.66. The lowest BCUT2D eigenvalue weighted by Gasteiger charge is -2.02. The second-order valence-electron chi connectivity index (χ2n) is 3.35. The third kappa shape index (κ3) is 2.50. The van der Waals surface area contributed by atoms with Crippen molar-refractivity contribution in [3.63, 3.8) is 0 Å². The number of nitrogens with two attached hydrogens (primary N) is 1. The summed E-state index contributed by atoms with van der Waals surface area (Å²) in [5.74, 6) is -0.454. The maximum Gasteiger partial charge on any atom is 0.135 e. The molecule has 1 aromatic heterocycles. The number of nitrogens with zero attached hydrogens (tertiary/aromatic N) is 2. The predicted molar refractivity (Wildman–Crippen MR) is 55.6 cm³/mol. The van der Waals surface area contributed by atoms with Gasteiger partial charge in [0.1, 0.15) is 23.3 Å². The summed E-state index contributed by atoms with van der Waals surface area (Å²) in [5, 5.41) is 0. The fourth-order valence-electron chi connectivity index (χ4n) is 1.40. The summed E-state index contributed by atoms with van der Waals surface area (Å²) in [6.07, 6.45) is 1.76. The zero-order valence-corrected chi connectivity index (χ0v) is 8.32. The van der Waals surface area contributed by atoms with Crippen LogP contribution in [0, 0.1) is 11.6 Å². The van der Waals surface area contributed by atoms with Gasteiger partial charge < -0.3 is 5.73 Å². The molecule has 2 N–H and O–H groups in total. The van der Waals surface area contributed by atoms with E-state index in [2.05, 4.69) is 9.97 Å². The molecule has 5 heteroatoms. The maximum absolute atomic E-state index is 12.9. The molecule has 1 aromatic carbocycles. The third-order valence-corrected chi connectivity index (χ3v) is 2.01. The minimum atomic E-state index is -0.612. The molecule has 0 spiro atoms. The summed E-state index contributed by atoms with van der Waals surface area (Å²) >= 11 is 0. The normalized spacial score (nSPS) is 10.4. The van der Waals surface area contributed by atoms with Crippen LogP contribution < -0.4 is 5.73 Å². The van der Waals surface area contributed by atoms with Crippen molar-refractivity contribution in [2.24, 2.45) is 0 Å². The summed E-state index contributed by atoms with van der Waals surface area (Å²) in [5.41, 5.74) is 5.95. The minimum absolute atomic E-state index is 0.250. The molecule has 2 rings (SSSR count). The van der Waals surface area contributed by atoms with E-state index < -0.39 is 11.6 Å². The molecule has 0 amide bonds. The molecule has 0 atom stereocenters. The van der Waals surface area contributed by atoms with Crippen molar-refractivity contribution in [3.8, 4) is 0 Å². The van der Waals surface area contributed by atoms with Crippen LogP contribution in [0.15, 0.2) is 30.5 Å². The molecule has 3 nitrogen and oxygen atoms in total. The minimum Gasteiger partial charge on any atom is -0.384 e. The van der Waals surface area contributed by atoms with Gasteiger partial charge in [-0.25, -0.2) is 18.7 Å². The number of halogens is 2. The molecular formula is C11H9F2N3. The summed E-state index contributed by atoms with van der Waals surface area (Å²) in [4.78, 5) is 7.91. The van der Waals surface area contributed by atoms with Crippen LogP contribution in [-0.2, 0) is 6.42 Å². The van der Waals surface area contributed by atoms with Gasteiger partial charge >= 0.3 is 0 Å². The fourth-order valence-corrected chi connectivity index (χ4v) is 1.40. The highest BCUT2D eigenvalue weighted by molar-refractivity contribution is 5.27. The van der Waals surface area contributed by atoms with Crippen molar-refractivity contribution in [2.45, 2.75) is 6.42 Å². The molecule has 0 aliphatic rings. The van der Waals surface area contributed by atoms with Crippen molar-refractivity contribution in [1.82, 2.24) is 9.97 Å². The molecular weight excluding hydrogens is 212 g/mol. The lowest BCUT2D eigenvalue weighted by Crippen LogP contribution is -2.00. The zero-order chi connectivity index (χ0) is 11.5. The van der Waals surface area contributed by atoms with Crippen LogP contribution in [0.4, 0.5) is 14.6 Å². The first kappa shape index (κ1) is 10.5. The van der Waals surface area contributed by atoms with Gasteiger partial charge in [0.15, 0.2) is 0 Å². The number of aromatic nitrogens is 2. The monoisotopic (exact) mass is 221 g/mol. The van der Waals surface area contributed by atoms with Crippen molar-refractivity contribution in [2.75, 3.05) is 5.73 Å². The van der Waals surface area contributed by atoms with Gasteiger partial charge in [0.25, 0.3) is 0 Å². The number of anilines is 1. The van der Waals surface area contributed by atoms with Crippen molar-refractivity contribution < 1.29 is 8.78 Å². The van der Waals surface area contributed by atoms with E-state index in [-0.39, 0.29) is 6.42 Å². The first-order valence-corrected chi connectivity index (χ1v) is 4.66. The molecule has 1 heterocycles. The molecule has 0 saturated carbocycles. The van der Waals surface area contributed by atoms with Crippen LogP contribution in [0.2, 0.25) is 0 Å². The standard InChI is InChI=1S/C11H9F2N3/c12-8-3-7(4-9(13)6-8)5-11-15-2-1-10(14)16-11/h1-4,6H,5H2,(H2,14,15,16). The Kier molecular flexibility index (Phi) is 2.76. The Morgan fingerprint density at radius 2 is 1.81 bits per heavy atom. The quantitative estimate of drug-likeness (QED) is 0.842. The Bertz CT molecular complexity index is 494. The Labute approximate surface area is 91.0 Å². The molecule has 0 unspecified atom stereocenters. The van der Waals surface area contributed by atoms with E-state index >= 15 is 0 Å². The van der Waals surface area contributed by atoms with E-state index in [1.807, 2.05) is 0 Å². The summed E-state index contributed by atoms with van der Waals surface area (Å²) in [6, 6.07) is 4.87. The number of nitrogen functional groups attached to an aromatic ring is 1. The van der Waals surface area contributed by atoms with E-state index in [1.54, 1.807) is 6.07 Å². The van der Waals surface area contributed by atoms with Crippen LogP contribution in [-0.4, -0.2) is 9.97 Å². The van der Waals surface area contributed by atoms with Crippen molar-refractivity contribution >= 4 is 5.82 Å². The Balaban J connectivity index is 2.27. The molecule has 0 aliphatic carbocycles. The predicted octanol–water partition coefficient (Wildman–Crippen LogP) is 1.93. The largest absolute Gasteiger partial charge is 0.384 e. The van der Waals surface area contributed by atoms with Crippen LogP contribution in [0.5, 0.6) is 0 Å². The summed E-state index contributed by atoms with van der Waals surface area (Å²) in [7, 11) is 0. The molecule has 0 aliphatic heterocycles. The first-order chi connectivity index (χ1) is 7.63. The fraction of sp³-hybridized carbons (Fsp3) is 0.0909. The zero-order valence-electron chi connectivity index (χ0n) is 8.32. The lowest BCUT2D eigenvalue weighted by molar-refractivity contribution is 0.580. The molecule has 0 radical (unpaired) electrons. The maximum atomic E-state index is 12.9. The highest BCUT2D eigenvalue weighted by atomic mass is 19.1. The summed E-state index contributed by atoms with van der Waals surface area (Å²) < 4.78 is 25.8. The van der Waals surface area contributed by atoms with Gasteiger partial charge in [-0.1, -0.05) is 0 Å². The molecule has 2 aromatic rings. The molecule has 0 fully saturated rings. The summed E-state index contributed by atoms with van der Waals surface area (Å²) in [6.45, 7) is 0. The second-order valence-corrected chi connectivity index (χ2v) is 3.35. The highest BCUT2D eigenvalue weighted by Gasteiger charge is 2.04. The van der Waals surface area contributed by atoms with Gasteiger partial charge in [-0.05, 0) is 23.8 Å². The van der Waals surface area contributed by atoms with E-state index in [0.717, 1.165) is 6.07 Å². The molecule has 0 saturated heterocycles. The Morgan fingerprint density at radius 1 is 1.12 bits per heavy atom. The van der Waals surface area contributed by atoms with Gasteiger partial charge in [-0.2, -0.15) is 0 Å². The van der Waals surface area contributed by atoms with Crippen LogP contribution in [0.3, 0.4) is 0 Å². The molecule has 16 heavy (non-hydrogen) atoms. The van der Waals surface area contributed by atoms with Gasteiger partial charge in [-0.15, -0.1) is 0 Å².